The number of unbranched alkanes of at least 4 members (excludes halogenated alkanes) is 1. The molecule has 0 spiro atoms. The van der Waals surface area contributed by atoms with Gasteiger partial charge in [-0.3, -0.25) is 5.41 Å². The van der Waals surface area contributed by atoms with E-state index in [-0.39, 0.29) is 5.84 Å². The molecule has 0 aromatic heterocycles. The Labute approximate surface area is 95.8 Å². The lowest BCUT2D eigenvalue weighted by molar-refractivity contribution is 0.896. The molecule has 1 aromatic carbocycles. The van der Waals surface area contributed by atoms with E-state index < -0.39 is 0 Å². The molecule has 0 unspecified atom stereocenters. The summed E-state index contributed by atoms with van der Waals surface area (Å²) >= 11 is 1.79. The SMILES string of the molecule is CCCCSc1cc(C)ccc1C(=N)N. The zero-order valence-electron chi connectivity index (χ0n) is 9.34. The molecule has 1 rings (SSSR count). The standard InChI is InChI=1S/C12H18N2S/c1-3-4-7-15-11-8-9(2)5-6-10(11)12(13)14/h5-6,8H,3-4,7H2,1-2H3,(H3,13,14). The molecule has 1 aromatic rings. The molecule has 15 heavy (non-hydrogen) atoms. The van der Waals surface area contributed by atoms with Crippen LogP contribution in [0.4, 0.5) is 0 Å². The number of rotatable bonds is 5. The van der Waals surface area contributed by atoms with E-state index in [9.17, 15) is 0 Å². The van der Waals surface area contributed by atoms with Gasteiger partial charge >= 0.3 is 0 Å². The number of nitrogen functional groups attached to an aromatic ring is 1. The van der Waals surface area contributed by atoms with E-state index in [1.54, 1.807) is 11.8 Å². The Morgan fingerprint density at radius 2 is 2.20 bits per heavy atom. The summed E-state index contributed by atoms with van der Waals surface area (Å²) in [4.78, 5) is 1.14. The summed E-state index contributed by atoms with van der Waals surface area (Å²) in [7, 11) is 0. The highest BCUT2D eigenvalue weighted by molar-refractivity contribution is 7.99. The summed E-state index contributed by atoms with van der Waals surface area (Å²) in [6, 6.07) is 6.05. The van der Waals surface area contributed by atoms with Crippen LogP contribution in [0.25, 0.3) is 0 Å². The van der Waals surface area contributed by atoms with Crippen LogP contribution in [0.5, 0.6) is 0 Å². The van der Waals surface area contributed by atoms with Crippen molar-refractivity contribution in [2.45, 2.75) is 31.6 Å². The molecule has 3 N–H and O–H groups in total. The van der Waals surface area contributed by atoms with Crippen LogP contribution >= 0.6 is 11.8 Å². The van der Waals surface area contributed by atoms with Crippen molar-refractivity contribution in [3.8, 4) is 0 Å². The number of nitrogens with one attached hydrogen (secondary N) is 1. The summed E-state index contributed by atoms with van der Waals surface area (Å²) in [6.45, 7) is 4.25. The third-order valence-corrected chi connectivity index (χ3v) is 3.32. The second-order valence-electron chi connectivity index (χ2n) is 3.62. The minimum Gasteiger partial charge on any atom is -0.384 e. The first-order valence-electron chi connectivity index (χ1n) is 5.23. The quantitative estimate of drug-likeness (QED) is 0.348. The maximum atomic E-state index is 7.49. The Morgan fingerprint density at radius 1 is 1.47 bits per heavy atom. The molecule has 0 fully saturated rings. The molecule has 0 aliphatic carbocycles. The molecule has 2 nitrogen and oxygen atoms in total. The van der Waals surface area contributed by atoms with Crippen molar-refractivity contribution >= 4 is 17.6 Å². The molecule has 0 saturated heterocycles. The zero-order chi connectivity index (χ0) is 11.3. The first-order valence-corrected chi connectivity index (χ1v) is 6.21. The van der Waals surface area contributed by atoms with Crippen LogP contribution in [-0.4, -0.2) is 11.6 Å². The van der Waals surface area contributed by atoms with Gasteiger partial charge in [-0.25, -0.2) is 0 Å². The van der Waals surface area contributed by atoms with Crippen molar-refractivity contribution in [1.29, 1.82) is 5.41 Å². The predicted molar refractivity (Wildman–Crippen MR) is 67.8 cm³/mol. The molecule has 0 bridgehead atoms. The highest BCUT2D eigenvalue weighted by atomic mass is 32.2. The van der Waals surface area contributed by atoms with Crippen molar-refractivity contribution in [2.75, 3.05) is 5.75 Å². The number of aryl methyl sites for hydroxylation is 1. The average molecular weight is 222 g/mol. The highest BCUT2D eigenvalue weighted by Crippen LogP contribution is 2.24. The molecule has 0 aliphatic rings. The molecule has 82 valence electrons. The molecular weight excluding hydrogens is 204 g/mol. The normalized spacial score (nSPS) is 10.3. The first kappa shape index (κ1) is 12.1. The molecule has 0 heterocycles. The van der Waals surface area contributed by atoms with Crippen molar-refractivity contribution in [3.63, 3.8) is 0 Å². The van der Waals surface area contributed by atoms with E-state index in [2.05, 4.69) is 19.9 Å². The van der Waals surface area contributed by atoms with Gasteiger partial charge in [-0.15, -0.1) is 11.8 Å². The summed E-state index contributed by atoms with van der Waals surface area (Å²) in [6.07, 6.45) is 2.41. The zero-order valence-corrected chi connectivity index (χ0v) is 10.2. The summed E-state index contributed by atoms with van der Waals surface area (Å²) in [5, 5.41) is 7.49. The fourth-order valence-electron chi connectivity index (χ4n) is 1.30. The number of nitrogens with two attached hydrogens (primary N) is 1. The van der Waals surface area contributed by atoms with E-state index in [1.165, 1.54) is 18.4 Å². The predicted octanol–water partition coefficient (Wildman–Crippen LogP) is 3.17. The van der Waals surface area contributed by atoms with E-state index >= 15 is 0 Å². The van der Waals surface area contributed by atoms with Crippen LogP contribution in [0.15, 0.2) is 23.1 Å². The Bertz CT molecular complexity index is 347. The molecule has 0 radical (unpaired) electrons. The minimum atomic E-state index is 0.161. The van der Waals surface area contributed by atoms with Crippen molar-refractivity contribution < 1.29 is 0 Å². The second kappa shape index (κ2) is 5.81. The third kappa shape index (κ3) is 3.59. The maximum Gasteiger partial charge on any atom is 0.123 e. The van der Waals surface area contributed by atoms with Gasteiger partial charge < -0.3 is 5.73 Å². The maximum absolute atomic E-state index is 7.49. The summed E-state index contributed by atoms with van der Waals surface area (Å²) < 4.78 is 0. The van der Waals surface area contributed by atoms with Gasteiger partial charge in [0.15, 0.2) is 0 Å². The van der Waals surface area contributed by atoms with Crippen LogP contribution in [0.2, 0.25) is 0 Å². The molecule has 0 amide bonds. The fourth-order valence-corrected chi connectivity index (χ4v) is 2.55. The van der Waals surface area contributed by atoms with Crippen molar-refractivity contribution in [3.05, 3.63) is 29.3 Å². The lowest BCUT2D eigenvalue weighted by atomic mass is 10.1. The van der Waals surface area contributed by atoms with Gasteiger partial charge in [0.25, 0.3) is 0 Å². The molecule has 0 aliphatic heterocycles. The van der Waals surface area contributed by atoms with Gasteiger partial charge in [-0.1, -0.05) is 19.4 Å². The van der Waals surface area contributed by atoms with Gasteiger partial charge in [-0.2, -0.15) is 0 Å². The number of hydrogen-bond acceptors (Lipinski definition) is 2. The van der Waals surface area contributed by atoms with Gasteiger partial charge in [0, 0.05) is 10.5 Å². The Hall–Kier alpha value is -0.960. The topological polar surface area (TPSA) is 49.9 Å². The van der Waals surface area contributed by atoms with Crippen LogP contribution in [0, 0.1) is 12.3 Å². The van der Waals surface area contributed by atoms with Gasteiger partial charge in [-0.05, 0) is 36.8 Å². The highest BCUT2D eigenvalue weighted by Gasteiger charge is 2.05. The lowest BCUT2D eigenvalue weighted by Gasteiger charge is -2.08. The van der Waals surface area contributed by atoms with Crippen LogP contribution in [0.1, 0.15) is 30.9 Å². The van der Waals surface area contributed by atoms with Gasteiger partial charge in [0.1, 0.15) is 5.84 Å². The Morgan fingerprint density at radius 3 is 2.80 bits per heavy atom. The lowest BCUT2D eigenvalue weighted by Crippen LogP contribution is -2.12. The van der Waals surface area contributed by atoms with E-state index in [0.29, 0.717) is 0 Å². The Balaban J connectivity index is 2.82. The van der Waals surface area contributed by atoms with E-state index in [4.69, 9.17) is 11.1 Å². The summed E-state index contributed by atoms with van der Waals surface area (Å²) in [5.41, 5.74) is 7.62. The number of amidine groups is 1. The summed E-state index contributed by atoms with van der Waals surface area (Å²) in [5.74, 6) is 1.26. The largest absolute Gasteiger partial charge is 0.384 e. The van der Waals surface area contributed by atoms with Crippen LogP contribution in [0.3, 0.4) is 0 Å². The monoisotopic (exact) mass is 222 g/mol. The van der Waals surface area contributed by atoms with Crippen LogP contribution < -0.4 is 5.73 Å². The third-order valence-electron chi connectivity index (χ3n) is 2.18. The number of benzene rings is 1. The van der Waals surface area contributed by atoms with Crippen LogP contribution in [-0.2, 0) is 0 Å². The number of hydrogen-bond donors (Lipinski definition) is 2. The Kier molecular flexibility index (Phi) is 4.69. The molecule has 0 saturated carbocycles. The minimum absolute atomic E-state index is 0.161. The van der Waals surface area contributed by atoms with Crippen molar-refractivity contribution in [2.24, 2.45) is 5.73 Å². The van der Waals surface area contributed by atoms with E-state index in [1.807, 2.05) is 12.1 Å². The smallest absolute Gasteiger partial charge is 0.123 e. The average Bonchev–Trinajstić information content (AvgIpc) is 2.18. The molecular formula is C12H18N2S. The first-order chi connectivity index (χ1) is 7.15. The van der Waals surface area contributed by atoms with Gasteiger partial charge in [0.2, 0.25) is 0 Å². The second-order valence-corrected chi connectivity index (χ2v) is 4.75. The van der Waals surface area contributed by atoms with Crippen molar-refractivity contribution in [1.82, 2.24) is 0 Å². The molecule has 3 heteroatoms. The number of thioether (sulfide) groups is 1. The van der Waals surface area contributed by atoms with Gasteiger partial charge in [0.05, 0.1) is 0 Å². The van der Waals surface area contributed by atoms with E-state index in [0.717, 1.165) is 16.2 Å². The molecule has 0 atom stereocenters. The fraction of sp³-hybridized carbons (Fsp3) is 0.417.